The van der Waals surface area contributed by atoms with E-state index in [9.17, 15) is 52.2 Å². The monoisotopic (exact) mass is 796 g/mol. The Kier molecular flexibility index (Phi) is 17.4. The lowest BCUT2D eigenvalue weighted by Crippen LogP contribution is -2.54. The highest BCUT2D eigenvalue weighted by molar-refractivity contribution is 7.85. The SMILES string of the molecule is NC(=O)[C@@H](CC(=O)CONCC(=O)N[C@@H](CC(=O)O)C(=O)N[C@@H](Cc1ccc(CS(=O)(=O)O)cc1)C(=O)C[C@H](C=O)Cc1ccccc1)Cc1ccc(O)cc1. The van der Waals surface area contributed by atoms with Gasteiger partial charge in [-0.25, -0.2) is 0 Å². The number of ketones is 2. The highest BCUT2D eigenvalue weighted by Crippen LogP contribution is 2.17. The average Bonchev–Trinajstić information content (AvgIpc) is 3.13. The van der Waals surface area contributed by atoms with Gasteiger partial charge in [-0.3, -0.25) is 38.2 Å². The van der Waals surface area contributed by atoms with E-state index in [-0.39, 0.29) is 43.4 Å². The Morgan fingerprint density at radius 1 is 0.750 bits per heavy atom. The summed E-state index contributed by atoms with van der Waals surface area (Å²) in [6.07, 6.45) is -0.635. The van der Waals surface area contributed by atoms with Gasteiger partial charge >= 0.3 is 5.97 Å². The number of nitrogens with one attached hydrogen (secondary N) is 3. The molecular weight excluding hydrogens is 752 g/mol. The van der Waals surface area contributed by atoms with Crippen molar-refractivity contribution in [3.8, 4) is 5.75 Å². The molecule has 4 atom stereocenters. The molecule has 0 heterocycles. The summed E-state index contributed by atoms with van der Waals surface area (Å²) in [5.74, 6) is -7.51. The van der Waals surface area contributed by atoms with Gasteiger partial charge in [0.15, 0.2) is 11.6 Å². The Balaban J connectivity index is 1.64. The molecule has 0 aliphatic heterocycles. The molecule has 56 heavy (non-hydrogen) atoms. The van der Waals surface area contributed by atoms with E-state index in [1.807, 2.05) is 0 Å². The molecule has 18 heteroatoms. The van der Waals surface area contributed by atoms with Crippen LogP contribution in [0.2, 0.25) is 0 Å². The zero-order valence-electron chi connectivity index (χ0n) is 30.2. The van der Waals surface area contributed by atoms with Gasteiger partial charge < -0.3 is 31.4 Å². The maximum absolute atomic E-state index is 13.6. The lowest BCUT2D eigenvalue weighted by atomic mass is 9.91. The van der Waals surface area contributed by atoms with Crippen LogP contribution in [0.25, 0.3) is 0 Å². The van der Waals surface area contributed by atoms with Crippen LogP contribution in [0.15, 0.2) is 78.9 Å². The van der Waals surface area contributed by atoms with E-state index < -0.39 is 94.6 Å². The van der Waals surface area contributed by atoms with Crippen LogP contribution in [0.1, 0.15) is 41.5 Å². The van der Waals surface area contributed by atoms with Crippen LogP contribution in [0.4, 0.5) is 0 Å². The molecule has 300 valence electrons. The quantitative estimate of drug-likeness (QED) is 0.0268. The first kappa shape index (κ1) is 44.6. The van der Waals surface area contributed by atoms with E-state index in [0.29, 0.717) is 17.4 Å². The number of Topliss-reactive ketones (excluding diaryl/α,β-unsaturated/α-hetero) is 2. The molecule has 3 amide bonds. The van der Waals surface area contributed by atoms with Crippen molar-refractivity contribution in [3.05, 3.63) is 101 Å². The maximum atomic E-state index is 13.6. The van der Waals surface area contributed by atoms with Gasteiger partial charge in [-0.2, -0.15) is 13.9 Å². The third kappa shape index (κ3) is 16.7. The van der Waals surface area contributed by atoms with Gasteiger partial charge in [-0.15, -0.1) is 0 Å². The Morgan fingerprint density at radius 3 is 1.93 bits per heavy atom. The third-order valence-electron chi connectivity index (χ3n) is 8.41. The van der Waals surface area contributed by atoms with E-state index in [4.69, 9.17) is 15.1 Å². The number of carbonyl (C=O) groups is 7. The number of nitrogens with two attached hydrogens (primary N) is 1. The number of carbonyl (C=O) groups excluding carboxylic acids is 6. The minimum Gasteiger partial charge on any atom is -0.508 e. The summed E-state index contributed by atoms with van der Waals surface area (Å²) >= 11 is 0. The number of primary amides is 1. The van der Waals surface area contributed by atoms with Gasteiger partial charge in [0.25, 0.3) is 10.1 Å². The lowest BCUT2D eigenvalue weighted by molar-refractivity contribution is -0.141. The zero-order valence-corrected chi connectivity index (χ0v) is 31.0. The molecule has 3 aromatic carbocycles. The van der Waals surface area contributed by atoms with Gasteiger partial charge in [-0.05, 0) is 53.6 Å². The van der Waals surface area contributed by atoms with Crippen molar-refractivity contribution in [3.63, 3.8) is 0 Å². The van der Waals surface area contributed by atoms with Crippen LogP contribution in [-0.2, 0) is 73.5 Å². The number of aromatic hydroxyl groups is 1. The molecule has 17 nitrogen and oxygen atoms in total. The normalized spacial score (nSPS) is 13.4. The summed E-state index contributed by atoms with van der Waals surface area (Å²) in [5, 5.41) is 23.7. The van der Waals surface area contributed by atoms with Crippen LogP contribution < -0.4 is 21.8 Å². The average molecular weight is 797 g/mol. The molecule has 0 aliphatic rings. The molecule has 0 spiro atoms. The van der Waals surface area contributed by atoms with E-state index in [2.05, 4.69) is 16.1 Å². The molecule has 0 bridgehead atoms. The van der Waals surface area contributed by atoms with Crippen LogP contribution in [0.5, 0.6) is 5.75 Å². The molecule has 3 aromatic rings. The Hall–Kier alpha value is -5.82. The second-order valence-corrected chi connectivity index (χ2v) is 14.6. The summed E-state index contributed by atoms with van der Waals surface area (Å²) in [5.41, 5.74) is 9.83. The van der Waals surface area contributed by atoms with Crippen LogP contribution in [-0.4, -0.2) is 90.0 Å². The number of phenolic OH excluding ortho intramolecular Hbond substituents is 1. The maximum Gasteiger partial charge on any atom is 0.305 e. The molecule has 0 aromatic heterocycles. The third-order valence-corrected chi connectivity index (χ3v) is 9.10. The van der Waals surface area contributed by atoms with Crippen molar-refractivity contribution < 1.29 is 61.6 Å². The minimum atomic E-state index is -4.32. The Bertz CT molecular complexity index is 1940. The lowest BCUT2D eigenvalue weighted by Gasteiger charge is -2.23. The summed E-state index contributed by atoms with van der Waals surface area (Å²) in [7, 11) is -4.32. The standard InChI is InChI=1S/C38H44N4O13S/c39-37(50)29(15-25-10-12-30(44)13-11-25)18-31(45)22-55-40-20-35(47)41-33(19-36(48)49)38(51)42-32(16-26-6-8-27(9-7-26)23-56(52,53)54)34(46)17-28(21-43)14-24-4-2-1-3-5-24/h1-13,21,28-29,32-33,40,44H,14-20,22-23H2,(H2,39,50)(H,41,47)(H,42,51)(H,48,49)(H,52,53,54)/t28-,29-,32+,33+/m1/s1. The van der Waals surface area contributed by atoms with Crippen molar-refractivity contribution in [1.82, 2.24) is 16.1 Å². The highest BCUT2D eigenvalue weighted by atomic mass is 32.2. The van der Waals surface area contributed by atoms with Gasteiger partial charge in [0, 0.05) is 24.7 Å². The Morgan fingerprint density at radius 2 is 1.34 bits per heavy atom. The predicted molar refractivity (Wildman–Crippen MR) is 199 cm³/mol. The number of carboxylic acids is 1. The first-order valence-electron chi connectivity index (χ1n) is 17.3. The number of carboxylic acid groups (broad SMARTS) is 1. The van der Waals surface area contributed by atoms with Crippen molar-refractivity contribution in [2.24, 2.45) is 17.6 Å². The fourth-order valence-electron chi connectivity index (χ4n) is 5.62. The van der Waals surface area contributed by atoms with Crippen LogP contribution in [0, 0.1) is 11.8 Å². The summed E-state index contributed by atoms with van der Waals surface area (Å²) in [4.78, 5) is 92.9. The molecule has 0 aliphatic carbocycles. The van der Waals surface area contributed by atoms with Gasteiger partial charge in [0.1, 0.15) is 30.4 Å². The molecule has 0 fully saturated rings. The minimum absolute atomic E-state index is 0.0264. The fraction of sp³-hybridized carbons (Fsp3) is 0.342. The van der Waals surface area contributed by atoms with E-state index in [0.717, 1.165) is 5.56 Å². The summed E-state index contributed by atoms with van der Waals surface area (Å²) < 4.78 is 31.7. The number of phenols is 1. The second kappa shape index (κ2) is 21.9. The first-order chi connectivity index (χ1) is 26.5. The number of hydrogen-bond acceptors (Lipinski definition) is 12. The van der Waals surface area contributed by atoms with Gasteiger partial charge in [-0.1, -0.05) is 66.7 Å². The summed E-state index contributed by atoms with van der Waals surface area (Å²) in [6.45, 7) is -1.21. The van der Waals surface area contributed by atoms with Gasteiger partial charge in [0.2, 0.25) is 17.7 Å². The molecule has 3 rings (SSSR count). The smallest absolute Gasteiger partial charge is 0.305 e. The van der Waals surface area contributed by atoms with Gasteiger partial charge in [0.05, 0.1) is 19.0 Å². The van der Waals surface area contributed by atoms with Crippen molar-refractivity contribution in [1.29, 1.82) is 0 Å². The predicted octanol–water partition coefficient (Wildman–Crippen LogP) is 0.608. The number of amides is 3. The number of hydroxylamine groups is 1. The zero-order chi connectivity index (χ0) is 41.3. The van der Waals surface area contributed by atoms with Crippen molar-refractivity contribution in [2.45, 2.75) is 56.4 Å². The molecule has 0 radical (unpaired) electrons. The number of aldehydes is 1. The number of aliphatic carboxylic acids is 1. The molecular formula is C38H44N4O13S. The molecule has 0 saturated carbocycles. The van der Waals surface area contributed by atoms with Crippen molar-refractivity contribution >= 4 is 51.7 Å². The number of benzene rings is 3. The number of rotatable bonds is 25. The van der Waals surface area contributed by atoms with Crippen LogP contribution >= 0.6 is 0 Å². The first-order valence-corrected chi connectivity index (χ1v) is 18.9. The number of hydrogen-bond donors (Lipinski definition) is 7. The highest BCUT2D eigenvalue weighted by Gasteiger charge is 2.30. The molecule has 0 unspecified atom stereocenters. The largest absolute Gasteiger partial charge is 0.508 e. The van der Waals surface area contributed by atoms with E-state index >= 15 is 0 Å². The Labute approximate surface area is 322 Å². The fourth-order valence-corrected chi connectivity index (χ4v) is 6.24. The molecule has 0 saturated heterocycles. The van der Waals surface area contributed by atoms with Crippen LogP contribution in [0.3, 0.4) is 0 Å². The second-order valence-electron chi connectivity index (χ2n) is 13.1. The van der Waals surface area contributed by atoms with E-state index in [1.54, 1.807) is 42.5 Å². The topological polar surface area (TPSA) is 286 Å². The van der Waals surface area contributed by atoms with Crippen molar-refractivity contribution in [2.75, 3.05) is 13.2 Å². The molecule has 8 N–H and O–H groups in total. The van der Waals surface area contributed by atoms with E-state index in [1.165, 1.54) is 36.4 Å². The summed E-state index contributed by atoms with van der Waals surface area (Å²) in [6, 6.07) is 17.7.